The van der Waals surface area contributed by atoms with Gasteiger partial charge in [0, 0.05) is 13.3 Å². The van der Waals surface area contributed by atoms with Crippen LogP contribution in [0.3, 0.4) is 0 Å². The van der Waals surface area contributed by atoms with Crippen molar-refractivity contribution in [3.8, 4) is 11.9 Å². The Labute approximate surface area is 70.0 Å². The van der Waals surface area contributed by atoms with E-state index in [4.69, 9.17) is 9.47 Å². The van der Waals surface area contributed by atoms with Gasteiger partial charge in [-0.05, 0) is 0 Å². The molecule has 1 aromatic rings. The summed E-state index contributed by atoms with van der Waals surface area (Å²) in [6.45, 7) is 0.288. The second kappa shape index (κ2) is 3.87. The van der Waals surface area contributed by atoms with Crippen molar-refractivity contribution in [2.45, 2.75) is 6.61 Å². The van der Waals surface area contributed by atoms with Crippen molar-refractivity contribution in [2.24, 2.45) is 0 Å². The first kappa shape index (κ1) is 8.73. The molecule has 0 saturated carbocycles. The quantitative estimate of drug-likeness (QED) is 0.708. The fourth-order valence-corrected chi connectivity index (χ4v) is 0.738. The summed E-state index contributed by atoms with van der Waals surface area (Å²) in [4.78, 5) is 7.46. The van der Waals surface area contributed by atoms with Gasteiger partial charge in [-0.15, -0.1) is 0 Å². The van der Waals surface area contributed by atoms with Crippen LogP contribution in [0.15, 0.2) is 6.20 Å². The van der Waals surface area contributed by atoms with Crippen molar-refractivity contribution < 1.29 is 14.6 Å². The monoisotopic (exact) mass is 170 g/mol. The van der Waals surface area contributed by atoms with Gasteiger partial charge in [0.2, 0.25) is 5.88 Å². The van der Waals surface area contributed by atoms with Gasteiger partial charge in [-0.3, -0.25) is 0 Å². The first-order valence-electron chi connectivity index (χ1n) is 3.35. The van der Waals surface area contributed by atoms with E-state index in [0.29, 0.717) is 5.56 Å². The zero-order chi connectivity index (χ0) is 8.97. The Morgan fingerprint density at radius 3 is 2.75 bits per heavy atom. The Morgan fingerprint density at radius 2 is 2.25 bits per heavy atom. The van der Waals surface area contributed by atoms with Gasteiger partial charge in [-0.25, -0.2) is 4.98 Å². The lowest BCUT2D eigenvalue weighted by molar-refractivity contribution is 0.180. The molecule has 0 bridgehead atoms. The number of hydrogen-bond acceptors (Lipinski definition) is 5. The maximum Gasteiger partial charge on any atom is 0.319 e. The smallest absolute Gasteiger partial charge is 0.319 e. The number of aromatic nitrogens is 2. The van der Waals surface area contributed by atoms with Gasteiger partial charge in [0.15, 0.2) is 0 Å². The van der Waals surface area contributed by atoms with Crippen molar-refractivity contribution >= 4 is 0 Å². The zero-order valence-corrected chi connectivity index (χ0v) is 6.94. The highest BCUT2D eigenvalue weighted by atomic mass is 16.5. The fraction of sp³-hybridized carbons (Fsp3) is 0.429. The Morgan fingerprint density at radius 1 is 1.50 bits per heavy atom. The minimum Gasteiger partial charge on any atom is -0.493 e. The maximum absolute atomic E-state index is 9.24. The summed E-state index contributed by atoms with van der Waals surface area (Å²) in [6.07, 6.45) is 1.46. The van der Waals surface area contributed by atoms with Crippen molar-refractivity contribution in [1.29, 1.82) is 0 Å². The molecule has 0 aliphatic heterocycles. The van der Waals surface area contributed by atoms with Crippen LogP contribution in [0, 0.1) is 0 Å². The van der Waals surface area contributed by atoms with Gasteiger partial charge in [0.25, 0.3) is 0 Å². The van der Waals surface area contributed by atoms with E-state index in [1.807, 2.05) is 0 Å². The fourth-order valence-electron chi connectivity index (χ4n) is 0.738. The molecule has 0 spiro atoms. The van der Waals surface area contributed by atoms with Crippen LogP contribution in [-0.4, -0.2) is 29.3 Å². The minimum absolute atomic E-state index is 0.108. The third kappa shape index (κ3) is 1.82. The van der Waals surface area contributed by atoms with Crippen LogP contribution in [0.2, 0.25) is 0 Å². The van der Waals surface area contributed by atoms with Gasteiger partial charge < -0.3 is 14.6 Å². The summed E-state index contributed by atoms with van der Waals surface area (Å²) >= 11 is 0. The van der Waals surface area contributed by atoms with Gasteiger partial charge in [0.1, 0.15) is 0 Å². The maximum atomic E-state index is 9.24. The molecule has 0 aliphatic carbocycles. The van der Waals surface area contributed by atoms with Gasteiger partial charge in [0.05, 0.1) is 19.3 Å². The molecule has 0 radical (unpaired) electrons. The van der Waals surface area contributed by atoms with Crippen LogP contribution in [0.1, 0.15) is 5.56 Å². The number of methoxy groups -OCH3 is 2. The van der Waals surface area contributed by atoms with E-state index in [0.717, 1.165) is 0 Å². The molecule has 1 heterocycles. The number of aromatic hydroxyl groups is 1. The van der Waals surface area contributed by atoms with Crippen molar-refractivity contribution in [2.75, 3.05) is 14.2 Å². The molecule has 1 aromatic heterocycles. The van der Waals surface area contributed by atoms with Gasteiger partial charge >= 0.3 is 6.01 Å². The molecule has 1 rings (SSSR count). The number of hydrogen-bond donors (Lipinski definition) is 1. The number of rotatable bonds is 3. The molecule has 0 fully saturated rings. The van der Waals surface area contributed by atoms with Crippen molar-refractivity contribution in [3.05, 3.63) is 11.8 Å². The topological polar surface area (TPSA) is 64.5 Å². The third-order valence-electron chi connectivity index (χ3n) is 1.30. The van der Waals surface area contributed by atoms with E-state index < -0.39 is 0 Å². The standard InChI is InChI=1S/C7H10N2O3/c1-11-4-5-3-8-7(12-2)9-6(5)10/h3H,4H2,1-2H3,(H,8,9,10). The number of nitrogens with zero attached hydrogens (tertiary/aromatic N) is 2. The van der Waals surface area contributed by atoms with E-state index in [1.54, 1.807) is 0 Å². The van der Waals surface area contributed by atoms with Gasteiger partial charge in [-0.1, -0.05) is 0 Å². The summed E-state index contributed by atoms with van der Waals surface area (Å²) in [5.41, 5.74) is 0.540. The Balaban J connectivity index is 2.87. The molecule has 5 nitrogen and oxygen atoms in total. The average molecular weight is 170 g/mol. The van der Waals surface area contributed by atoms with E-state index in [1.165, 1.54) is 20.4 Å². The third-order valence-corrected chi connectivity index (χ3v) is 1.30. The van der Waals surface area contributed by atoms with Crippen molar-refractivity contribution in [3.63, 3.8) is 0 Å². The van der Waals surface area contributed by atoms with Gasteiger partial charge in [-0.2, -0.15) is 4.98 Å². The first-order chi connectivity index (χ1) is 5.77. The normalized spacial score (nSPS) is 9.83. The molecule has 1 N–H and O–H groups in total. The summed E-state index contributed by atoms with van der Waals surface area (Å²) in [6, 6.07) is 0.146. The van der Waals surface area contributed by atoms with Crippen LogP contribution >= 0.6 is 0 Å². The first-order valence-corrected chi connectivity index (χ1v) is 3.35. The lowest BCUT2D eigenvalue weighted by Crippen LogP contribution is -1.96. The molecule has 5 heteroatoms. The lowest BCUT2D eigenvalue weighted by atomic mass is 10.3. The number of ether oxygens (including phenoxy) is 2. The highest BCUT2D eigenvalue weighted by Gasteiger charge is 2.04. The summed E-state index contributed by atoms with van der Waals surface area (Å²) in [5, 5.41) is 9.24. The molecule has 0 aromatic carbocycles. The lowest BCUT2D eigenvalue weighted by Gasteiger charge is -2.02. The van der Waals surface area contributed by atoms with Crippen LogP contribution in [0.25, 0.3) is 0 Å². The molecule has 12 heavy (non-hydrogen) atoms. The molecule has 0 amide bonds. The van der Waals surface area contributed by atoms with Crippen LogP contribution in [0.4, 0.5) is 0 Å². The molecular weight excluding hydrogens is 160 g/mol. The predicted molar refractivity (Wildman–Crippen MR) is 41.0 cm³/mol. The zero-order valence-electron chi connectivity index (χ0n) is 6.94. The second-order valence-corrected chi connectivity index (χ2v) is 2.14. The summed E-state index contributed by atoms with van der Waals surface area (Å²) < 4.78 is 9.51. The highest BCUT2D eigenvalue weighted by Crippen LogP contribution is 2.15. The van der Waals surface area contributed by atoms with E-state index in [-0.39, 0.29) is 18.5 Å². The van der Waals surface area contributed by atoms with E-state index >= 15 is 0 Å². The molecule has 66 valence electrons. The second-order valence-electron chi connectivity index (χ2n) is 2.14. The summed E-state index contributed by atoms with van der Waals surface area (Å²) in [7, 11) is 2.97. The van der Waals surface area contributed by atoms with Crippen LogP contribution < -0.4 is 4.74 Å². The van der Waals surface area contributed by atoms with E-state index in [2.05, 4.69) is 9.97 Å². The van der Waals surface area contributed by atoms with E-state index in [9.17, 15) is 5.11 Å². The summed E-state index contributed by atoms with van der Waals surface area (Å²) in [5.74, 6) is -0.108. The van der Waals surface area contributed by atoms with Crippen molar-refractivity contribution in [1.82, 2.24) is 9.97 Å². The Bertz CT molecular complexity index is 265. The minimum atomic E-state index is -0.108. The predicted octanol–water partition coefficient (Wildman–Crippen LogP) is 0.337. The van der Waals surface area contributed by atoms with Crippen LogP contribution in [0.5, 0.6) is 11.9 Å². The molecule has 0 aliphatic rings. The molecule has 0 atom stereocenters. The highest BCUT2D eigenvalue weighted by molar-refractivity contribution is 5.22. The van der Waals surface area contributed by atoms with Crippen LogP contribution in [-0.2, 0) is 11.3 Å². The molecule has 0 saturated heterocycles. The largest absolute Gasteiger partial charge is 0.493 e. The Kier molecular flexibility index (Phi) is 2.82. The SMILES string of the molecule is COCc1cnc(OC)nc1O. The molecule has 0 unspecified atom stereocenters. The Hall–Kier alpha value is -1.36. The average Bonchev–Trinajstić information content (AvgIpc) is 2.09. The molecular formula is C7H10N2O3.